The van der Waals surface area contributed by atoms with Gasteiger partial charge in [-0.2, -0.15) is 0 Å². The molecule has 0 radical (unpaired) electrons. The number of carbonyl (C=O) groups excluding carboxylic acids is 2. The number of nitrogens with zero attached hydrogens (tertiary/aromatic N) is 2. The molecular weight excluding hydrogens is 415 g/mol. The van der Waals surface area contributed by atoms with Crippen LogP contribution in [0.3, 0.4) is 0 Å². The molecular formula is C24H21FN2O3S. The number of hydrogen-bond acceptors (Lipinski definition) is 6. The van der Waals surface area contributed by atoms with Crippen LogP contribution in [0.25, 0.3) is 0 Å². The molecule has 2 aromatic heterocycles. The summed E-state index contributed by atoms with van der Waals surface area (Å²) in [4.78, 5) is 32.6. The van der Waals surface area contributed by atoms with Gasteiger partial charge in [0, 0.05) is 41.8 Å². The maximum atomic E-state index is 14.6. The summed E-state index contributed by atoms with van der Waals surface area (Å²) in [6, 6.07) is 11.2. The zero-order valence-electron chi connectivity index (χ0n) is 16.8. The van der Waals surface area contributed by atoms with Crippen LogP contribution in [-0.4, -0.2) is 28.2 Å². The number of aromatic nitrogens is 1. The Labute approximate surface area is 183 Å². The minimum Gasteiger partial charge on any atom is -0.412 e. The smallest absolute Gasteiger partial charge is 0.345 e. The van der Waals surface area contributed by atoms with Crippen LogP contribution in [0.15, 0.2) is 54.9 Å². The van der Waals surface area contributed by atoms with Crippen LogP contribution in [0.2, 0.25) is 0 Å². The predicted molar refractivity (Wildman–Crippen MR) is 115 cm³/mol. The number of rotatable bonds is 6. The van der Waals surface area contributed by atoms with Gasteiger partial charge in [0.15, 0.2) is 10.8 Å². The third kappa shape index (κ3) is 4.16. The largest absolute Gasteiger partial charge is 0.412 e. The van der Waals surface area contributed by atoms with Crippen LogP contribution in [0.1, 0.15) is 45.2 Å². The molecule has 0 N–H and O–H groups in total. The van der Waals surface area contributed by atoms with E-state index in [2.05, 4.69) is 9.88 Å². The summed E-state index contributed by atoms with van der Waals surface area (Å²) in [5.41, 5.74) is 1.86. The number of halogens is 1. The highest BCUT2D eigenvalue weighted by atomic mass is 32.1. The van der Waals surface area contributed by atoms with Crippen molar-refractivity contribution in [2.24, 2.45) is 5.92 Å². The van der Waals surface area contributed by atoms with E-state index in [0.717, 1.165) is 29.7 Å². The monoisotopic (exact) mass is 436 g/mol. The van der Waals surface area contributed by atoms with Crippen molar-refractivity contribution in [1.29, 1.82) is 0 Å². The van der Waals surface area contributed by atoms with Gasteiger partial charge in [-0.3, -0.25) is 14.7 Å². The number of pyridine rings is 1. The summed E-state index contributed by atoms with van der Waals surface area (Å²) in [7, 11) is 0. The van der Waals surface area contributed by atoms with Crippen molar-refractivity contribution in [2.45, 2.75) is 31.8 Å². The van der Waals surface area contributed by atoms with Crippen LogP contribution in [0.5, 0.6) is 5.06 Å². The lowest BCUT2D eigenvalue weighted by atomic mass is 9.95. The first kappa shape index (κ1) is 20.0. The molecule has 5 nitrogen and oxygen atoms in total. The molecule has 1 aliphatic heterocycles. The summed E-state index contributed by atoms with van der Waals surface area (Å²) in [5, 5.41) is 0.525. The zero-order chi connectivity index (χ0) is 21.4. The molecule has 1 aliphatic carbocycles. The molecule has 7 heteroatoms. The highest BCUT2D eigenvalue weighted by Crippen LogP contribution is 2.41. The van der Waals surface area contributed by atoms with Crippen molar-refractivity contribution in [3.8, 4) is 5.06 Å². The van der Waals surface area contributed by atoms with Crippen molar-refractivity contribution in [2.75, 3.05) is 6.54 Å². The molecule has 0 bridgehead atoms. The molecule has 3 heterocycles. The van der Waals surface area contributed by atoms with Gasteiger partial charge in [-0.15, -0.1) is 11.3 Å². The van der Waals surface area contributed by atoms with E-state index in [9.17, 15) is 14.0 Å². The average Bonchev–Trinajstić information content (AvgIpc) is 3.56. The molecule has 2 aliphatic rings. The highest BCUT2D eigenvalue weighted by molar-refractivity contribution is 7.14. The van der Waals surface area contributed by atoms with Gasteiger partial charge in [0.1, 0.15) is 5.82 Å². The van der Waals surface area contributed by atoms with Crippen LogP contribution in [-0.2, 0) is 17.8 Å². The highest BCUT2D eigenvalue weighted by Gasteiger charge is 2.40. The third-order valence-electron chi connectivity index (χ3n) is 5.78. The molecule has 5 rings (SSSR count). The number of ketones is 1. The van der Waals surface area contributed by atoms with Gasteiger partial charge in [0.25, 0.3) is 0 Å². The van der Waals surface area contributed by atoms with Gasteiger partial charge in [-0.1, -0.05) is 18.2 Å². The van der Waals surface area contributed by atoms with Crippen LogP contribution in [0.4, 0.5) is 4.39 Å². The Balaban J connectivity index is 1.37. The first-order valence-electron chi connectivity index (χ1n) is 10.4. The molecule has 0 amide bonds. The minimum absolute atomic E-state index is 0.0319. The SMILES string of the molecule is O=C(Oc1cc2c(s1)CCN(C(C(=O)C1CC1)c1ccccc1F)C2)c1cccnc1. The maximum absolute atomic E-state index is 14.6. The van der Waals surface area contributed by atoms with Crippen molar-refractivity contribution in [1.82, 2.24) is 9.88 Å². The standard InChI is InChI=1S/C24H21FN2O3S/c25-19-6-2-1-5-18(19)22(23(28)15-7-8-15)27-11-9-20-17(14-27)12-21(31-20)30-24(29)16-4-3-10-26-13-16/h1-6,10,12-13,15,22H,7-9,11,14H2. The zero-order valence-corrected chi connectivity index (χ0v) is 17.6. The van der Waals surface area contributed by atoms with E-state index in [-0.39, 0.29) is 17.5 Å². The van der Waals surface area contributed by atoms with Crippen molar-refractivity contribution in [3.63, 3.8) is 0 Å². The van der Waals surface area contributed by atoms with Crippen LogP contribution >= 0.6 is 11.3 Å². The van der Waals surface area contributed by atoms with Crippen LogP contribution in [0, 0.1) is 11.7 Å². The number of ether oxygens (including phenoxy) is 1. The fourth-order valence-corrected chi connectivity index (χ4v) is 5.06. The first-order valence-corrected chi connectivity index (χ1v) is 11.2. The molecule has 1 fully saturated rings. The second kappa shape index (κ2) is 8.32. The number of Topliss-reactive ketones (excluding diaryl/α,β-unsaturated/α-hetero) is 1. The molecule has 3 aromatic rings. The fraction of sp³-hybridized carbons (Fsp3) is 0.292. The quantitative estimate of drug-likeness (QED) is 0.530. The van der Waals surface area contributed by atoms with E-state index in [1.807, 2.05) is 6.07 Å². The van der Waals surface area contributed by atoms with Crippen molar-refractivity contribution in [3.05, 3.63) is 82.2 Å². The summed E-state index contributed by atoms with van der Waals surface area (Å²) >= 11 is 1.45. The Morgan fingerprint density at radius 2 is 2.03 bits per heavy atom. The van der Waals surface area contributed by atoms with Gasteiger partial charge < -0.3 is 4.74 Å². The van der Waals surface area contributed by atoms with E-state index < -0.39 is 12.0 Å². The Hall–Kier alpha value is -2.90. The Bertz CT molecular complexity index is 1130. The molecule has 31 heavy (non-hydrogen) atoms. The molecule has 158 valence electrons. The number of thiophene rings is 1. The van der Waals surface area contributed by atoms with E-state index in [0.29, 0.717) is 29.3 Å². The van der Waals surface area contributed by atoms with Gasteiger partial charge in [-0.25, -0.2) is 9.18 Å². The number of fused-ring (bicyclic) bond motifs is 1. The Morgan fingerprint density at radius 3 is 2.77 bits per heavy atom. The Morgan fingerprint density at radius 1 is 1.19 bits per heavy atom. The van der Waals surface area contributed by atoms with E-state index >= 15 is 0 Å². The number of hydrogen-bond donors (Lipinski definition) is 0. The molecule has 0 saturated heterocycles. The van der Waals surface area contributed by atoms with E-state index in [4.69, 9.17) is 4.74 Å². The lowest BCUT2D eigenvalue weighted by Crippen LogP contribution is -2.38. The maximum Gasteiger partial charge on any atom is 0.345 e. The third-order valence-corrected chi connectivity index (χ3v) is 6.89. The number of esters is 1. The van der Waals surface area contributed by atoms with E-state index in [1.165, 1.54) is 23.6 Å². The summed E-state index contributed by atoms with van der Waals surface area (Å²) in [6.45, 7) is 1.18. The molecule has 0 spiro atoms. The first-order chi connectivity index (χ1) is 15.1. The van der Waals surface area contributed by atoms with Gasteiger partial charge in [0.2, 0.25) is 0 Å². The second-order valence-electron chi connectivity index (χ2n) is 7.97. The molecule has 1 unspecified atom stereocenters. The lowest BCUT2D eigenvalue weighted by Gasteiger charge is -2.34. The number of benzene rings is 1. The summed E-state index contributed by atoms with van der Waals surface area (Å²) in [6.07, 6.45) is 5.57. The second-order valence-corrected chi connectivity index (χ2v) is 9.07. The molecule has 1 atom stereocenters. The fourth-order valence-electron chi connectivity index (χ4n) is 4.05. The molecule has 1 saturated carbocycles. The normalized spacial score (nSPS) is 17.1. The van der Waals surface area contributed by atoms with Crippen molar-refractivity contribution >= 4 is 23.1 Å². The molecule has 1 aromatic carbocycles. The lowest BCUT2D eigenvalue weighted by molar-refractivity contribution is -0.126. The minimum atomic E-state index is -0.580. The summed E-state index contributed by atoms with van der Waals surface area (Å²) in [5.74, 6) is -0.656. The van der Waals surface area contributed by atoms with Gasteiger partial charge >= 0.3 is 5.97 Å². The van der Waals surface area contributed by atoms with Gasteiger partial charge in [0.05, 0.1) is 11.6 Å². The average molecular weight is 437 g/mol. The summed E-state index contributed by atoms with van der Waals surface area (Å²) < 4.78 is 20.1. The number of carbonyl (C=O) groups is 2. The predicted octanol–water partition coefficient (Wildman–Crippen LogP) is 4.58. The van der Waals surface area contributed by atoms with Crippen molar-refractivity contribution < 1.29 is 18.7 Å². The van der Waals surface area contributed by atoms with Crippen LogP contribution < -0.4 is 4.74 Å². The Kier molecular flexibility index (Phi) is 5.38. The topological polar surface area (TPSA) is 59.5 Å². The van der Waals surface area contributed by atoms with E-state index in [1.54, 1.807) is 36.5 Å². The van der Waals surface area contributed by atoms with Gasteiger partial charge in [-0.05, 0) is 49.1 Å².